The minimum Gasteiger partial charge on any atom is -0.466 e. The molecule has 0 radical (unpaired) electrons. The quantitative estimate of drug-likeness (QED) is 0.0322. The van der Waals surface area contributed by atoms with E-state index in [1.165, 1.54) is 193 Å². The molecule has 1 amide bonds. The molecule has 2 atom stereocenters. The molecule has 61 heavy (non-hydrogen) atoms. The van der Waals surface area contributed by atoms with E-state index in [0.29, 0.717) is 19.4 Å². The molecule has 3 N–H and O–H groups in total. The first-order chi connectivity index (χ1) is 30.0. The summed E-state index contributed by atoms with van der Waals surface area (Å²) in [7, 11) is 0. The van der Waals surface area contributed by atoms with Crippen molar-refractivity contribution in [3.8, 4) is 0 Å². The Bertz CT molecular complexity index is 993. The fraction of sp³-hybridized carbons (Fsp3) is 0.855. The Morgan fingerprint density at radius 1 is 0.443 bits per heavy atom. The van der Waals surface area contributed by atoms with Crippen LogP contribution in [0.15, 0.2) is 36.5 Å². The molecule has 0 aliphatic carbocycles. The number of carbonyl (C=O) groups is 2. The third-order valence-electron chi connectivity index (χ3n) is 12.1. The van der Waals surface area contributed by atoms with Gasteiger partial charge in [0.25, 0.3) is 0 Å². The number of ether oxygens (including phenoxy) is 1. The van der Waals surface area contributed by atoms with E-state index in [2.05, 4.69) is 43.5 Å². The van der Waals surface area contributed by atoms with Crippen molar-refractivity contribution in [2.45, 2.75) is 289 Å². The molecule has 0 heterocycles. The lowest BCUT2D eigenvalue weighted by atomic mass is 10.1. The summed E-state index contributed by atoms with van der Waals surface area (Å²) in [6.45, 7) is 4.85. The van der Waals surface area contributed by atoms with E-state index in [9.17, 15) is 19.8 Å². The summed E-state index contributed by atoms with van der Waals surface area (Å²) in [5, 5.41) is 22.9. The van der Waals surface area contributed by atoms with Gasteiger partial charge in [0.2, 0.25) is 5.91 Å². The molecule has 0 aliphatic heterocycles. The Morgan fingerprint density at radius 3 is 1.16 bits per heavy atom. The van der Waals surface area contributed by atoms with Crippen LogP contribution in [0.25, 0.3) is 0 Å². The van der Waals surface area contributed by atoms with Crippen LogP contribution in [-0.2, 0) is 14.3 Å². The van der Waals surface area contributed by atoms with Gasteiger partial charge in [-0.2, -0.15) is 0 Å². The van der Waals surface area contributed by atoms with E-state index in [4.69, 9.17) is 4.74 Å². The molecule has 0 fully saturated rings. The molecule has 2 unspecified atom stereocenters. The number of allylic oxidation sites excluding steroid dienone is 5. The van der Waals surface area contributed by atoms with Crippen molar-refractivity contribution >= 4 is 11.9 Å². The fourth-order valence-corrected chi connectivity index (χ4v) is 7.97. The average molecular weight is 858 g/mol. The van der Waals surface area contributed by atoms with Crippen molar-refractivity contribution in [1.82, 2.24) is 5.32 Å². The van der Waals surface area contributed by atoms with E-state index in [1.54, 1.807) is 6.08 Å². The van der Waals surface area contributed by atoms with Crippen molar-refractivity contribution in [3.63, 3.8) is 0 Å². The first-order valence-electron chi connectivity index (χ1n) is 26.8. The Labute approximate surface area is 379 Å². The highest BCUT2D eigenvalue weighted by atomic mass is 16.5. The zero-order valence-electron chi connectivity index (χ0n) is 40.6. The van der Waals surface area contributed by atoms with Crippen LogP contribution in [0.2, 0.25) is 0 Å². The van der Waals surface area contributed by atoms with Crippen LogP contribution >= 0.6 is 0 Å². The summed E-state index contributed by atoms with van der Waals surface area (Å²) < 4.78 is 5.47. The largest absolute Gasteiger partial charge is 0.466 e. The van der Waals surface area contributed by atoms with Gasteiger partial charge in [-0.1, -0.05) is 217 Å². The standard InChI is InChI=1S/C55H103NO5/c1-3-5-7-9-11-13-15-16-17-19-23-26-29-33-37-41-45-49-55(60)61-50-46-42-38-34-30-27-24-21-18-20-22-25-28-32-36-40-44-48-54(59)56-52(51-57)53(58)47-43-39-35-31-14-12-10-8-6-4-2/h16-18,21,43,47,52-53,57-58H,3-15,19-20,22-42,44-46,48-51H2,1-2H3,(H,56,59)/b17-16-,21-18-,47-43+. The first kappa shape index (κ1) is 59.1. The molecule has 358 valence electrons. The smallest absolute Gasteiger partial charge is 0.305 e. The van der Waals surface area contributed by atoms with E-state index in [1.807, 2.05) is 6.08 Å². The summed E-state index contributed by atoms with van der Waals surface area (Å²) >= 11 is 0. The lowest BCUT2D eigenvalue weighted by molar-refractivity contribution is -0.143. The van der Waals surface area contributed by atoms with Gasteiger partial charge < -0.3 is 20.3 Å². The van der Waals surface area contributed by atoms with Crippen molar-refractivity contribution in [2.24, 2.45) is 0 Å². The molecule has 0 aliphatic rings. The van der Waals surface area contributed by atoms with Gasteiger partial charge >= 0.3 is 5.97 Å². The maximum Gasteiger partial charge on any atom is 0.305 e. The number of hydrogen-bond acceptors (Lipinski definition) is 5. The van der Waals surface area contributed by atoms with Crippen molar-refractivity contribution < 1.29 is 24.5 Å². The molecule has 6 nitrogen and oxygen atoms in total. The number of hydrogen-bond donors (Lipinski definition) is 3. The van der Waals surface area contributed by atoms with Gasteiger partial charge in [-0.3, -0.25) is 9.59 Å². The van der Waals surface area contributed by atoms with Crippen molar-refractivity contribution in [2.75, 3.05) is 13.2 Å². The van der Waals surface area contributed by atoms with Crippen LogP contribution in [0, 0.1) is 0 Å². The molecule has 0 aromatic heterocycles. The summed E-state index contributed by atoms with van der Waals surface area (Å²) in [4.78, 5) is 24.4. The highest BCUT2D eigenvalue weighted by Crippen LogP contribution is 2.15. The first-order valence-corrected chi connectivity index (χ1v) is 26.8. The highest BCUT2D eigenvalue weighted by molar-refractivity contribution is 5.76. The number of amides is 1. The summed E-state index contributed by atoms with van der Waals surface area (Å²) in [5.41, 5.74) is 0. The molecule has 0 aromatic rings. The number of unbranched alkanes of at least 4 members (excludes halogenated alkanes) is 34. The predicted octanol–water partition coefficient (Wildman–Crippen LogP) is 16.1. The minimum absolute atomic E-state index is 0.00683. The van der Waals surface area contributed by atoms with Crippen LogP contribution in [-0.4, -0.2) is 47.4 Å². The monoisotopic (exact) mass is 858 g/mol. The van der Waals surface area contributed by atoms with Gasteiger partial charge in [0.1, 0.15) is 0 Å². The summed E-state index contributed by atoms with van der Waals surface area (Å²) in [5.74, 6) is -0.0896. The van der Waals surface area contributed by atoms with E-state index >= 15 is 0 Å². The zero-order valence-corrected chi connectivity index (χ0v) is 40.6. The van der Waals surface area contributed by atoms with Crippen molar-refractivity contribution in [1.29, 1.82) is 0 Å². The summed E-state index contributed by atoms with van der Waals surface area (Å²) in [6.07, 6.45) is 61.5. The number of esters is 1. The normalized spacial score (nSPS) is 12.9. The molecule has 0 bridgehead atoms. The number of aliphatic hydroxyl groups is 2. The maximum atomic E-state index is 12.4. The lowest BCUT2D eigenvalue weighted by Gasteiger charge is -2.20. The van der Waals surface area contributed by atoms with Crippen LogP contribution in [0.3, 0.4) is 0 Å². The molecule has 0 saturated carbocycles. The predicted molar refractivity (Wildman–Crippen MR) is 264 cm³/mol. The van der Waals surface area contributed by atoms with Gasteiger partial charge in [0.05, 0.1) is 25.4 Å². The Morgan fingerprint density at radius 2 is 0.770 bits per heavy atom. The molecular formula is C55H103NO5. The number of carbonyl (C=O) groups excluding carboxylic acids is 2. The Kier molecular flexibility index (Phi) is 49.1. The van der Waals surface area contributed by atoms with E-state index in [0.717, 1.165) is 57.8 Å². The maximum absolute atomic E-state index is 12.4. The van der Waals surface area contributed by atoms with Gasteiger partial charge in [0.15, 0.2) is 0 Å². The van der Waals surface area contributed by atoms with Crippen LogP contribution in [0.4, 0.5) is 0 Å². The minimum atomic E-state index is -0.850. The molecule has 0 aromatic carbocycles. The number of nitrogens with one attached hydrogen (secondary N) is 1. The second-order valence-electron chi connectivity index (χ2n) is 18.2. The lowest BCUT2D eigenvalue weighted by Crippen LogP contribution is -2.45. The number of rotatable bonds is 49. The third-order valence-corrected chi connectivity index (χ3v) is 12.1. The van der Waals surface area contributed by atoms with Gasteiger partial charge in [-0.15, -0.1) is 0 Å². The van der Waals surface area contributed by atoms with E-state index in [-0.39, 0.29) is 18.5 Å². The van der Waals surface area contributed by atoms with Gasteiger partial charge in [0, 0.05) is 12.8 Å². The van der Waals surface area contributed by atoms with Crippen LogP contribution < -0.4 is 5.32 Å². The van der Waals surface area contributed by atoms with Crippen molar-refractivity contribution in [3.05, 3.63) is 36.5 Å². The molecule has 0 saturated heterocycles. The summed E-state index contributed by atoms with van der Waals surface area (Å²) in [6, 6.07) is -0.635. The third kappa shape index (κ3) is 47.4. The topological polar surface area (TPSA) is 95.9 Å². The molecule has 0 spiro atoms. The zero-order chi connectivity index (χ0) is 44.4. The molecule has 6 heteroatoms. The van der Waals surface area contributed by atoms with E-state index < -0.39 is 12.1 Å². The van der Waals surface area contributed by atoms with Crippen LogP contribution in [0.1, 0.15) is 277 Å². The highest BCUT2D eigenvalue weighted by Gasteiger charge is 2.18. The second-order valence-corrected chi connectivity index (χ2v) is 18.2. The Balaban J connectivity index is 3.45. The average Bonchev–Trinajstić information content (AvgIpc) is 3.26. The van der Waals surface area contributed by atoms with Crippen LogP contribution in [0.5, 0.6) is 0 Å². The number of aliphatic hydroxyl groups excluding tert-OH is 2. The Hall–Kier alpha value is -1.92. The van der Waals surface area contributed by atoms with Gasteiger partial charge in [-0.25, -0.2) is 0 Å². The SMILES string of the molecule is CCCCCCCC/C=C\CCCCCCCCCC(=O)OCCCCCCCC/C=C\CCCCCCCCCC(=O)NC(CO)C(O)/C=C/CCCCCCCCCC. The second kappa shape index (κ2) is 50.7. The fourth-order valence-electron chi connectivity index (χ4n) is 7.97. The van der Waals surface area contributed by atoms with Gasteiger partial charge in [-0.05, 0) is 83.5 Å². The molecular weight excluding hydrogens is 755 g/mol. The molecule has 0 rings (SSSR count).